The van der Waals surface area contributed by atoms with E-state index in [1.165, 1.54) is 22.3 Å². The quantitative estimate of drug-likeness (QED) is 0.838. The fraction of sp³-hybridized carbons (Fsp3) is 0.350. The van der Waals surface area contributed by atoms with E-state index < -0.39 is 0 Å². The van der Waals surface area contributed by atoms with Crippen LogP contribution >= 0.6 is 11.8 Å². The predicted molar refractivity (Wildman–Crippen MR) is 103 cm³/mol. The molecule has 0 saturated carbocycles. The van der Waals surface area contributed by atoms with Gasteiger partial charge >= 0.3 is 6.03 Å². The average molecular weight is 340 g/mol. The standard InChI is InChI=1S/C20H24N2OS/c1-4-16-6-8-17(9-7-16)21-20(23)22-11-12-24-19(22)18-10-5-14(2)13-15(18)3/h5-10,13,19H,4,11-12H2,1-3H3,(H,21,23)/t19-/m0/s1. The lowest BCUT2D eigenvalue weighted by atomic mass is 10.1. The zero-order chi connectivity index (χ0) is 17.1. The lowest BCUT2D eigenvalue weighted by molar-refractivity contribution is 0.214. The van der Waals surface area contributed by atoms with Crippen molar-refractivity contribution in [1.82, 2.24) is 4.90 Å². The molecule has 2 aromatic carbocycles. The van der Waals surface area contributed by atoms with Gasteiger partial charge in [-0.25, -0.2) is 4.79 Å². The van der Waals surface area contributed by atoms with Crippen LogP contribution in [-0.4, -0.2) is 23.2 Å². The van der Waals surface area contributed by atoms with E-state index in [9.17, 15) is 4.79 Å². The van der Waals surface area contributed by atoms with Crippen LogP contribution in [0.1, 0.15) is 34.6 Å². The first-order valence-electron chi connectivity index (χ1n) is 8.44. The molecule has 1 aliphatic heterocycles. The number of amides is 2. The molecule has 1 saturated heterocycles. The molecule has 0 radical (unpaired) electrons. The van der Waals surface area contributed by atoms with Crippen molar-refractivity contribution in [2.24, 2.45) is 0 Å². The van der Waals surface area contributed by atoms with Crippen molar-refractivity contribution >= 4 is 23.5 Å². The van der Waals surface area contributed by atoms with Crippen LogP contribution in [0.3, 0.4) is 0 Å². The average Bonchev–Trinajstić information content (AvgIpc) is 3.05. The number of urea groups is 1. The SMILES string of the molecule is CCc1ccc(NC(=O)N2CCS[C@H]2c2ccc(C)cc2C)cc1. The van der Waals surface area contributed by atoms with Gasteiger partial charge in [-0.1, -0.05) is 42.8 Å². The Morgan fingerprint density at radius 2 is 1.96 bits per heavy atom. The molecule has 1 aliphatic rings. The van der Waals surface area contributed by atoms with E-state index in [4.69, 9.17) is 0 Å². The molecule has 1 N–H and O–H groups in total. The van der Waals surface area contributed by atoms with Gasteiger partial charge in [0, 0.05) is 18.0 Å². The third-order valence-corrected chi connectivity index (χ3v) is 5.70. The Hall–Kier alpha value is -1.94. The van der Waals surface area contributed by atoms with Gasteiger partial charge in [-0.2, -0.15) is 0 Å². The third-order valence-electron chi connectivity index (χ3n) is 4.46. The molecule has 3 nitrogen and oxygen atoms in total. The van der Waals surface area contributed by atoms with Gasteiger partial charge in [-0.3, -0.25) is 0 Å². The van der Waals surface area contributed by atoms with Crippen LogP contribution in [0.4, 0.5) is 10.5 Å². The van der Waals surface area contributed by atoms with Crippen molar-refractivity contribution in [1.29, 1.82) is 0 Å². The summed E-state index contributed by atoms with van der Waals surface area (Å²) in [6, 6.07) is 14.5. The van der Waals surface area contributed by atoms with E-state index in [2.05, 4.69) is 56.4 Å². The van der Waals surface area contributed by atoms with Crippen molar-refractivity contribution in [2.75, 3.05) is 17.6 Å². The molecule has 0 aliphatic carbocycles. The molecule has 4 heteroatoms. The summed E-state index contributed by atoms with van der Waals surface area (Å²) >= 11 is 1.83. The fourth-order valence-electron chi connectivity index (χ4n) is 3.06. The normalized spacial score (nSPS) is 17.1. The molecule has 24 heavy (non-hydrogen) atoms. The van der Waals surface area contributed by atoms with E-state index in [0.29, 0.717) is 0 Å². The van der Waals surface area contributed by atoms with Gasteiger partial charge in [0.25, 0.3) is 0 Å². The van der Waals surface area contributed by atoms with Crippen LogP contribution in [0.15, 0.2) is 42.5 Å². The molecule has 3 rings (SSSR count). The number of nitrogens with one attached hydrogen (secondary N) is 1. The zero-order valence-corrected chi connectivity index (χ0v) is 15.3. The first kappa shape index (κ1) is 16.9. The Balaban J connectivity index is 1.75. The highest BCUT2D eigenvalue weighted by Crippen LogP contribution is 2.39. The lowest BCUT2D eigenvalue weighted by Crippen LogP contribution is -2.34. The minimum absolute atomic E-state index is 0.0192. The predicted octanol–water partition coefficient (Wildman–Crippen LogP) is 5.15. The monoisotopic (exact) mass is 340 g/mol. The van der Waals surface area contributed by atoms with Crippen molar-refractivity contribution in [3.05, 3.63) is 64.7 Å². The first-order chi connectivity index (χ1) is 11.6. The van der Waals surface area contributed by atoms with Crippen LogP contribution in [0.2, 0.25) is 0 Å². The Bertz CT molecular complexity index is 727. The molecule has 0 aromatic heterocycles. The smallest absolute Gasteiger partial charge is 0.308 e. The Morgan fingerprint density at radius 1 is 1.21 bits per heavy atom. The van der Waals surface area contributed by atoms with E-state index in [-0.39, 0.29) is 11.4 Å². The maximum atomic E-state index is 12.7. The van der Waals surface area contributed by atoms with Crippen LogP contribution in [0, 0.1) is 13.8 Å². The molecule has 0 bridgehead atoms. The molecular formula is C20H24N2OS. The molecule has 1 atom stereocenters. The van der Waals surface area contributed by atoms with E-state index >= 15 is 0 Å². The summed E-state index contributed by atoms with van der Waals surface area (Å²) in [4.78, 5) is 14.7. The number of rotatable bonds is 3. The summed E-state index contributed by atoms with van der Waals surface area (Å²) in [5, 5.41) is 3.14. The maximum Gasteiger partial charge on any atom is 0.323 e. The van der Waals surface area contributed by atoms with E-state index in [0.717, 1.165) is 24.4 Å². The summed E-state index contributed by atoms with van der Waals surface area (Å²) < 4.78 is 0. The van der Waals surface area contributed by atoms with Crippen molar-refractivity contribution in [3.63, 3.8) is 0 Å². The van der Waals surface area contributed by atoms with Crippen LogP contribution in [0.25, 0.3) is 0 Å². The molecule has 1 heterocycles. The molecule has 2 aromatic rings. The second kappa shape index (κ2) is 7.31. The number of carbonyl (C=O) groups is 1. The Morgan fingerprint density at radius 3 is 2.62 bits per heavy atom. The van der Waals surface area contributed by atoms with Crippen LogP contribution < -0.4 is 5.32 Å². The molecule has 0 spiro atoms. The van der Waals surface area contributed by atoms with Gasteiger partial charge in [0.15, 0.2) is 0 Å². The number of carbonyl (C=O) groups excluding carboxylic acids is 1. The lowest BCUT2D eigenvalue weighted by Gasteiger charge is -2.26. The van der Waals surface area contributed by atoms with Crippen molar-refractivity contribution in [2.45, 2.75) is 32.6 Å². The summed E-state index contributed by atoms with van der Waals surface area (Å²) in [5.41, 5.74) is 5.87. The number of hydrogen-bond acceptors (Lipinski definition) is 2. The summed E-state index contributed by atoms with van der Waals surface area (Å²) in [7, 11) is 0. The molecule has 0 unspecified atom stereocenters. The van der Waals surface area contributed by atoms with Crippen molar-refractivity contribution < 1.29 is 4.79 Å². The zero-order valence-electron chi connectivity index (χ0n) is 14.5. The molecule has 126 valence electrons. The highest BCUT2D eigenvalue weighted by Gasteiger charge is 2.31. The van der Waals surface area contributed by atoms with E-state index in [1.807, 2.05) is 28.8 Å². The van der Waals surface area contributed by atoms with Gasteiger partial charge in [0.2, 0.25) is 0 Å². The van der Waals surface area contributed by atoms with Crippen LogP contribution in [-0.2, 0) is 6.42 Å². The molecular weight excluding hydrogens is 316 g/mol. The topological polar surface area (TPSA) is 32.3 Å². The minimum atomic E-state index is -0.0192. The molecule has 2 amide bonds. The minimum Gasteiger partial charge on any atom is -0.308 e. The van der Waals surface area contributed by atoms with Crippen molar-refractivity contribution in [3.8, 4) is 0 Å². The number of thioether (sulfide) groups is 1. The maximum absolute atomic E-state index is 12.7. The van der Waals surface area contributed by atoms with Gasteiger partial charge in [-0.15, -0.1) is 11.8 Å². The summed E-state index contributed by atoms with van der Waals surface area (Å²) in [6.45, 7) is 7.13. The third kappa shape index (κ3) is 3.59. The number of nitrogens with zero attached hydrogens (tertiary/aromatic N) is 1. The first-order valence-corrected chi connectivity index (χ1v) is 9.48. The summed E-state index contributed by atoms with van der Waals surface area (Å²) in [5.74, 6) is 0.972. The van der Waals surface area contributed by atoms with Gasteiger partial charge in [-0.05, 0) is 49.1 Å². The highest BCUT2D eigenvalue weighted by molar-refractivity contribution is 7.99. The second-order valence-corrected chi connectivity index (χ2v) is 7.45. The number of aryl methyl sites for hydroxylation is 3. The van der Waals surface area contributed by atoms with Gasteiger partial charge < -0.3 is 10.2 Å². The van der Waals surface area contributed by atoms with Gasteiger partial charge in [0.05, 0.1) is 0 Å². The second-order valence-electron chi connectivity index (χ2n) is 6.26. The van der Waals surface area contributed by atoms with E-state index in [1.54, 1.807) is 0 Å². The van der Waals surface area contributed by atoms with Gasteiger partial charge in [0.1, 0.15) is 5.37 Å². The largest absolute Gasteiger partial charge is 0.323 e. The number of benzene rings is 2. The highest BCUT2D eigenvalue weighted by atomic mass is 32.2. The molecule has 1 fully saturated rings. The number of anilines is 1. The number of hydrogen-bond donors (Lipinski definition) is 1. The van der Waals surface area contributed by atoms with Crippen LogP contribution in [0.5, 0.6) is 0 Å². The fourth-order valence-corrected chi connectivity index (χ4v) is 4.41. The summed E-state index contributed by atoms with van der Waals surface area (Å²) in [6.07, 6.45) is 1.01. The Kier molecular flexibility index (Phi) is 5.14. The Labute approximate surface area is 148 Å².